The van der Waals surface area contributed by atoms with E-state index in [0.29, 0.717) is 25.7 Å². The number of allylic oxidation sites excluding steroid dienone is 2. The summed E-state index contributed by atoms with van der Waals surface area (Å²) in [5.41, 5.74) is -0.739. The van der Waals surface area contributed by atoms with E-state index in [9.17, 15) is 14.7 Å². The lowest BCUT2D eigenvalue weighted by Crippen LogP contribution is -2.66. The Morgan fingerprint density at radius 2 is 1.68 bits per heavy atom. The Hall–Kier alpha value is -1.94. The molecule has 4 saturated carbocycles. The fourth-order valence-corrected chi connectivity index (χ4v) is 10.9. The minimum absolute atomic E-state index is 0.0178. The van der Waals surface area contributed by atoms with E-state index in [-0.39, 0.29) is 52.4 Å². The summed E-state index contributed by atoms with van der Waals surface area (Å²) < 4.78 is 31.4. The first-order valence-corrected chi connectivity index (χ1v) is 16.0. The summed E-state index contributed by atoms with van der Waals surface area (Å²) in [6.07, 6.45) is 7.97. The summed E-state index contributed by atoms with van der Waals surface area (Å²) in [7, 11) is 0. The van der Waals surface area contributed by atoms with Gasteiger partial charge in [0, 0.05) is 10.0 Å². The average Bonchev–Trinajstić information content (AvgIpc) is 2.96. The number of carbonyl (C=O) groups excluding carboxylic acids is 2. The molecular formula is C37H52O4. The molecule has 0 spiro atoms. The number of aliphatic hydroxyl groups is 1. The lowest BCUT2D eigenvalue weighted by molar-refractivity contribution is -0.202. The Morgan fingerprint density at radius 1 is 0.976 bits per heavy atom. The van der Waals surface area contributed by atoms with Crippen molar-refractivity contribution in [2.75, 3.05) is 0 Å². The van der Waals surface area contributed by atoms with Gasteiger partial charge < -0.3 is 9.84 Å². The Bertz CT molecular complexity index is 1370. The zero-order valence-corrected chi connectivity index (χ0v) is 26.0. The highest BCUT2D eigenvalue weighted by atomic mass is 16.5. The van der Waals surface area contributed by atoms with Gasteiger partial charge in [-0.1, -0.05) is 77.4 Å². The van der Waals surface area contributed by atoms with Crippen molar-refractivity contribution in [3.8, 4) is 0 Å². The molecule has 4 fully saturated rings. The Balaban J connectivity index is 1.35. The van der Waals surface area contributed by atoms with Gasteiger partial charge >= 0.3 is 5.97 Å². The molecule has 1 N–H and O–H groups in total. The van der Waals surface area contributed by atoms with Crippen LogP contribution in [0.25, 0.3) is 0 Å². The van der Waals surface area contributed by atoms with Gasteiger partial charge in [-0.15, -0.1) is 0 Å². The standard InChI is InChI=1S/C37H52O4/c1-32(2)28-13-16-37(7)30(35(28,5)15-14-29(32)39)27(38)21-25-26-22-34(4,18-17-33(26,3)19-20-36(25,37)6)31(40)41-23-24-11-9-8-10-12-24/h8-12,21,26,28-30,39H,13-20,22-23H2,1-7H3/t26-,28?,29-,30?,33+,34-,35-,36+,37+/m0/s1/i1D3/t26-,28?,29-,30?,32?,33+,34-,35-,36+,37+. The molecule has 10 atom stereocenters. The molecule has 6 rings (SSSR count). The van der Waals surface area contributed by atoms with Crippen LogP contribution in [0.3, 0.4) is 0 Å². The maximum atomic E-state index is 14.6. The zero-order chi connectivity index (χ0) is 32.1. The van der Waals surface area contributed by atoms with Crippen LogP contribution in [-0.2, 0) is 20.9 Å². The van der Waals surface area contributed by atoms with Crippen molar-refractivity contribution < 1.29 is 23.5 Å². The molecule has 0 radical (unpaired) electrons. The normalized spacial score (nSPS) is 50.5. The van der Waals surface area contributed by atoms with E-state index in [1.165, 1.54) is 5.57 Å². The van der Waals surface area contributed by atoms with Gasteiger partial charge in [0.15, 0.2) is 5.78 Å². The molecular weight excluding hydrogens is 508 g/mol. The molecule has 0 saturated heterocycles. The summed E-state index contributed by atoms with van der Waals surface area (Å²) >= 11 is 0. The zero-order valence-electron chi connectivity index (χ0n) is 29.0. The molecule has 41 heavy (non-hydrogen) atoms. The number of esters is 1. The molecule has 5 aliphatic carbocycles. The first kappa shape index (κ1) is 25.5. The van der Waals surface area contributed by atoms with Crippen molar-refractivity contribution in [1.82, 2.24) is 0 Å². The SMILES string of the molecule is [2H]C([2H])([2H])C1(C)C2CC[C@]3(C)C(C(=O)C=C4[C@@H]5C[C@@](C)(C(=O)OCc6ccccc6)CC[C@]5(C)CC[C@]43C)[C@@]2(C)CC[C@@H]1O. The number of aliphatic hydroxyl groups excluding tert-OH is 1. The molecule has 0 heterocycles. The molecule has 0 aromatic heterocycles. The van der Waals surface area contributed by atoms with Crippen LogP contribution in [0.15, 0.2) is 42.0 Å². The summed E-state index contributed by atoms with van der Waals surface area (Å²) in [6.45, 7) is 10.9. The summed E-state index contributed by atoms with van der Waals surface area (Å²) in [6, 6.07) is 9.80. The number of hydrogen-bond acceptors (Lipinski definition) is 4. The Kier molecular flexibility index (Phi) is 5.78. The lowest BCUT2D eigenvalue weighted by atomic mass is 9.33. The van der Waals surface area contributed by atoms with Crippen LogP contribution >= 0.6 is 0 Å². The molecule has 224 valence electrons. The van der Waals surface area contributed by atoms with Gasteiger partial charge in [-0.05, 0) is 115 Å². The largest absolute Gasteiger partial charge is 0.460 e. The van der Waals surface area contributed by atoms with Gasteiger partial charge in [-0.25, -0.2) is 0 Å². The maximum absolute atomic E-state index is 14.6. The number of benzene rings is 1. The fraction of sp³-hybridized carbons (Fsp3) is 0.730. The molecule has 1 aromatic carbocycles. The molecule has 1 aromatic rings. The summed E-state index contributed by atoms with van der Waals surface area (Å²) in [4.78, 5) is 28.3. The smallest absolute Gasteiger partial charge is 0.312 e. The fourth-order valence-electron chi connectivity index (χ4n) is 10.9. The van der Waals surface area contributed by atoms with Gasteiger partial charge in [0.25, 0.3) is 0 Å². The average molecular weight is 564 g/mol. The number of carbonyl (C=O) groups is 2. The van der Waals surface area contributed by atoms with Gasteiger partial charge in [0.1, 0.15) is 6.61 Å². The predicted octanol–water partition coefficient (Wildman–Crippen LogP) is 8.07. The van der Waals surface area contributed by atoms with Crippen molar-refractivity contribution in [1.29, 1.82) is 0 Å². The molecule has 4 heteroatoms. The van der Waals surface area contributed by atoms with Gasteiger partial charge in [-0.2, -0.15) is 0 Å². The van der Waals surface area contributed by atoms with Crippen molar-refractivity contribution in [2.45, 2.75) is 119 Å². The van der Waals surface area contributed by atoms with E-state index in [0.717, 1.165) is 37.7 Å². The minimum atomic E-state index is -2.32. The van der Waals surface area contributed by atoms with Crippen LogP contribution < -0.4 is 0 Å². The van der Waals surface area contributed by atoms with E-state index in [2.05, 4.69) is 34.6 Å². The van der Waals surface area contributed by atoms with E-state index in [1.807, 2.05) is 36.4 Å². The van der Waals surface area contributed by atoms with Gasteiger partial charge in [0.05, 0.1) is 11.5 Å². The van der Waals surface area contributed by atoms with Crippen LogP contribution in [0, 0.1) is 50.2 Å². The third-order valence-electron chi connectivity index (χ3n) is 13.9. The third-order valence-corrected chi connectivity index (χ3v) is 13.9. The molecule has 3 unspecified atom stereocenters. The second kappa shape index (κ2) is 9.28. The molecule has 5 aliphatic rings. The Labute approximate surface area is 251 Å². The highest BCUT2D eigenvalue weighted by Crippen LogP contribution is 2.75. The van der Waals surface area contributed by atoms with Gasteiger partial charge in [-0.3, -0.25) is 9.59 Å². The first-order valence-electron chi connectivity index (χ1n) is 17.5. The first-order chi connectivity index (χ1) is 20.4. The van der Waals surface area contributed by atoms with Crippen LogP contribution in [-0.4, -0.2) is 23.0 Å². The van der Waals surface area contributed by atoms with Crippen LogP contribution in [0.1, 0.15) is 116 Å². The molecule has 0 amide bonds. The van der Waals surface area contributed by atoms with Crippen LogP contribution in [0.2, 0.25) is 0 Å². The number of ketones is 1. The quantitative estimate of drug-likeness (QED) is 0.378. The van der Waals surface area contributed by atoms with Crippen molar-refractivity contribution in [3.05, 3.63) is 47.5 Å². The summed E-state index contributed by atoms with van der Waals surface area (Å²) in [5, 5.41) is 11.1. The number of rotatable bonds is 3. The van der Waals surface area contributed by atoms with E-state index in [4.69, 9.17) is 8.85 Å². The summed E-state index contributed by atoms with van der Waals surface area (Å²) in [5.74, 6) is -0.484. The second-order valence-corrected chi connectivity index (χ2v) is 16.2. The predicted molar refractivity (Wildman–Crippen MR) is 162 cm³/mol. The number of hydrogen-bond donors (Lipinski definition) is 1. The third kappa shape index (κ3) is 4.01. The van der Waals surface area contributed by atoms with Crippen molar-refractivity contribution in [3.63, 3.8) is 0 Å². The second-order valence-electron chi connectivity index (χ2n) is 16.2. The maximum Gasteiger partial charge on any atom is 0.312 e. The molecule has 0 aliphatic heterocycles. The topological polar surface area (TPSA) is 63.6 Å². The van der Waals surface area contributed by atoms with E-state index >= 15 is 0 Å². The highest BCUT2D eigenvalue weighted by Gasteiger charge is 2.70. The van der Waals surface area contributed by atoms with Gasteiger partial charge in [0.2, 0.25) is 0 Å². The molecule has 0 bridgehead atoms. The van der Waals surface area contributed by atoms with Crippen molar-refractivity contribution >= 4 is 11.8 Å². The monoisotopic (exact) mass is 563 g/mol. The van der Waals surface area contributed by atoms with E-state index < -0.39 is 29.2 Å². The highest BCUT2D eigenvalue weighted by molar-refractivity contribution is 5.95. The van der Waals surface area contributed by atoms with Crippen LogP contribution in [0.4, 0.5) is 0 Å². The number of ether oxygens (including phenoxy) is 1. The van der Waals surface area contributed by atoms with Crippen molar-refractivity contribution in [2.24, 2.45) is 50.2 Å². The number of fused-ring (bicyclic) bond motifs is 7. The van der Waals surface area contributed by atoms with E-state index in [1.54, 1.807) is 6.92 Å². The lowest BCUT2D eigenvalue weighted by Gasteiger charge is -2.70. The Morgan fingerprint density at radius 3 is 2.39 bits per heavy atom. The minimum Gasteiger partial charge on any atom is -0.460 e. The molecule has 4 nitrogen and oxygen atoms in total. The van der Waals surface area contributed by atoms with Crippen LogP contribution in [0.5, 0.6) is 0 Å².